The van der Waals surface area contributed by atoms with Crippen molar-refractivity contribution >= 4 is 44.8 Å². The number of fused-ring (bicyclic) bond motifs is 1. The monoisotopic (exact) mass is 392 g/mol. The summed E-state index contributed by atoms with van der Waals surface area (Å²) >= 11 is 1.59. The lowest BCUT2D eigenvalue weighted by atomic mass is 10.1. The molecule has 7 heteroatoms. The van der Waals surface area contributed by atoms with Gasteiger partial charge in [-0.2, -0.15) is 5.10 Å². The Morgan fingerprint density at radius 3 is 2.79 bits per heavy atom. The van der Waals surface area contributed by atoms with Crippen LogP contribution < -0.4 is 5.32 Å². The fraction of sp³-hybridized carbons (Fsp3) is 0.238. The highest BCUT2D eigenvalue weighted by Gasteiger charge is 2.21. The maximum atomic E-state index is 12.4. The number of anilines is 1. The van der Waals surface area contributed by atoms with Gasteiger partial charge in [0.2, 0.25) is 11.8 Å². The molecule has 0 aliphatic carbocycles. The predicted octanol–water partition coefficient (Wildman–Crippen LogP) is 3.96. The van der Waals surface area contributed by atoms with Gasteiger partial charge in [0.15, 0.2) is 0 Å². The average Bonchev–Trinajstić information content (AvgIpc) is 3.32. The SMILES string of the molecule is Cc1nc2ccc(NC(=O)CCC(=O)N3CCC(c4ccccc4)=N3)cc2s1. The minimum Gasteiger partial charge on any atom is -0.326 e. The van der Waals surface area contributed by atoms with Crippen molar-refractivity contribution in [1.82, 2.24) is 9.99 Å². The lowest BCUT2D eigenvalue weighted by molar-refractivity contribution is -0.132. The van der Waals surface area contributed by atoms with Crippen LogP contribution in [0, 0.1) is 6.92 Å². The summed E-state index contributed by atoms with van der Waals surface area (Å²) in [7, 11) is 0. The predicted molar refractivity (Wildman–Crippen MR) is 112 cm³/mol. The fourth-order valence-electron chi connectivity index (χ4n) is 3.16. The Labute approximate surface area is 166 Å². The number of hydrogen-bond donors (Lipinski definition) is 1. The molecule has 28 heavy (non-hydrogen) atoms. The van der Waals surface area contributed by atoms with E-state index < -0.39 is 0 Å². The van der Waals surface area contributed by atoms with Crippen molar-refractivity contribution in [2.45, 2.75) is 26.2 Å². The molecule has 3 aromatic rings. The second-order valence-corrected chi connectivity index (χ2v) is 7.88. The molecule has 0 spiro atoms. The zero-order chi connectivity index (χ0) is 19.5. The minimum absolute atomic E-state index is 0.130. The molecule has 0 atom stereocenters. The van der Waals surface area contributed by atoms with E-state index >= 15 is 0 Å². The maximum absolute atomic E-state index is 12.4. The van der Waals surface area contributed by atoms with Crippen LogP contribution in [0.3, 0.4) is 0 Å². The standard InChI is InChI=1S/C21H20N4O2S/c1-14-22-18-8-7-16(13-19(18)28-14)23-20(26)9-10-21(27)25-12-11-17(24-25)15-5-3-2-4-6-15/h2-8,13H,9-12H2,1H3,(H,23,26). The quantitative estimate of drug-likeness (QED) is 0.714. The van der Waals surface area contributed by atoms with Crippen LogP contribution in [-0.2, 0) is 9.59 Å². The molecule has 2 aromatic carbocycles. The molecule has 4 rings (SSSR count). The number of nitrogens with zero attached hydrogens (tertiary/aromatic N) is 3. The van der Waals surface area contributed by atoms with Gasteiger partial charge in [0, 0.05) is 24.9 Å². The first-order chi connectivity index (χ1) is 13.6. The van der Waals surface area contributed by atoms with Gasteiger partial charge in [-0.25, -0.2) is 9.99 Å². The summed E-state index contributed by atoms with van der Waals surface area (Å²) < 4.78 is 1.03. The van der Waals surface area contributed by atoms with Crippen LogP contribution in [0.15, 0.2) is 53.6 Å². The second-order valence-electron chi connectivity index (χ2n) is 6.64. The Balaban J connectivity index is 1.31. The van der Waals surface area contributed by atoms with E-state index in [-0.39, 0.29) is 24.7 Å². The number of amides is 2. The van der Waals surface area contributed by atoms with E-state index in [1.807, 2.05) is 55.5 Å². The molecule has 6 nitrogen and oxygen atoms in total. The third-order valence-electron chi connectivity index (χ3n) is 4.54. The van der Waals surface area contributed by atoms with Crippen molar-refractivity contribution in [2.24, 2.45) is 5.10 Å². The van der Waals surface area contributed by atoms with Gasteiger partial charge >= 0.3 is 0 Å². The summed E-state index contributed by atoms with van der Waals surface area (Å²) in [5.41, 5.74) is 3.59. The summed E-state index contributed by atoms with van der Waals surface area (Å²) in [5, 5.41) is 9.74. The summed E-state index contributed by atoms with van der Waals surface area (Å²) in [6.07, 6.45) is 1.00. The maximum Gasteiger partial charge on any atom is 0.243 e. The summed E-state index contributed by atoms with van der Waals surface area (Å²) in [4.78, 5) is 29.0. The van der Waals surface area contributed by atoms with Gasteiger partial charge in [-0.15, -0.1) is 11.3 Å². The van der Waals surface area contributed by atoms with Gasteiger partial charge < -0.3 is 5.32 Å². The van der Waals surface area contributed by atoms with Crippen molar-refractivity contribution in [1.29, 1.82) is 0 Å². The number of carbonyl (C=O) groups is 2. The van der Waals surface area contributed by atoms with Crippen molar-refractivity contribution < 1.29 is 9.59 Å². The smallest absolute Gasteiger partial charge is 0.243 e. The molecule has 1 aliphatic rings. The molecule has 1 aliphatic heterocycles. The van der Waals surface area contributed by atoms with Crippen LogP contribution in [0.5, 0.6) is 0 Å². The van der Waals surface area contributed by atoms with Crippen LogP contribution in [0.25, 0.3) is 10.2 Å². The molecule has 1 aromatic heterocycles. The number of hydrazone groups is 1. The van der Waals surface area contributed by atoms with Crippen LogP contribution in [0.2, 0.25) is 0 Å². The van der Waals surface area contributed by atoms with E-state index in [1.165, 1.54) is 5.01 Å². The van der Waals surface area contributed by atoms with Crippen LogP contribution >= 0.6 is 11.3 Å². The van der Waals surface area contributed by atoms with Gasteiger partial charge in [-0.1, -0.05) is 30.3 Å². The van der Waals surface area contributed by atoms with Crippen molar-refractivity contribution in [3.8, 4) is 0 Å². The van der Waals surface area contributed by atoms with Gasteiger partial charge in [0.1, 0.15) is 0 Å². The number of hydrogen-bond acceptors (Lipinski definition) is 5. The first-order valence-electron chi connectivity index (χ1n) is 9.19. The molecule has 2 amide bonds. The lowest BCUT2D eigenvalue weighted by Gasteiger charge is -2.11. The van der Waals surface area contributed by atoms with E-state index in [2.05, 4.69) is 15.4 Å². The molecule has 0 fully saturated rings. The Kier molecular flexibility index (Phi) is 5.16. The fourth-order valence-corrected chi connectivity index (χ4v) is 4.03. The van der Waals surface area contributed by atoms with Gasteiger partial charge in [-0.05, 0) is 30.7 Å². The van der Waals surface area contributed by atoms with Crippen molar-refractivity contribution in [2.75, 3.05) is 11.9 Å². The molecule has 2 heterocycles. The van der Waals surface area contributed by atoms with Gasteiger partial charge in [-0.3, -0.25) is 9.59 Å². The topological polar surface area (TPSA) is 74.7 Å². The van der Waals surface area contributed by atoms with E-state index in [1.54, 1.807) is 11.3 Å². The molecule has 1 N–H and O–H groups in total. The lowest BCUT2D eigenvalue weighted by Crippen LogP contribution is -2.24. The van der Waals surface area contributed by atoms with Gasteiger partial charge in [0.25, 0.3) is 0 Å². The molecule has 0 radical (unpaired) electrons. The van der Waals surface area contributed by atoms with Crippen LogP contribution in [-0.4, -0.2) is 34.1 Å². The zero-order valence-electron chi connectivity index (χ0n) is 15.5. The first kappa shape index (κ1) is 18.3. The number of rotatable bonds is 5. The average molecular weight is 392 g/mol. The Hall–Kier alpha value is -3.06. The first-order valence-corrected chi connectivity index (χ1v) is 10.0. The largest absolute Gasteiger partial charge is 0.326 e. The Morgan fingerprint density at radius 1 is 1.14 bits per heavy atom. The highest BCUT2D eigenvalue weighted by molar-refractivity contribution is 7.18. The highest BCUT2D eigenvalue weighted by atomic mass is 32.1. The number of aryl methyl sites for hydroxylation is 1. The third kappa shape index (κ3) is 4.09. The zero-order valence-corrected chi connectivity index (χ0v) is 16.3. The number of aromatic nitrogens is 1. The normalized spacial score (nSPS) is 13.6. The molecule has 0 saturated heterocycles. The highest BCUT2D eigenvalue weighted by Crippen LogP contribution is 2.25. The minimum atomic E-state index is -0.180. The van der Waals surface area contributed by atoms with Crippen molar-refractivity contribution in [3.63, 3.8) is 0 Å². The van der Waals surface area contributed by atoms with Crippen LogP contribution in [0.1, 0.15) is 29.8 Å². The van der Waals surface area contributed by atoms with E-state index in [4.69, 9.17) is 0 Å². The summed E-state index contributed by atoms with van der Waals surface area (Å²) in [6, 6.07) is 15.5. The summed E-state index contributed by atoms with van der Waals surface area (Å²) in [5.74, 6) is -0.310. The van der Waals surface area contributed by atoms with E-state index in [9.17, 15) is 9.59 Å². The number of benzene rings is 2. The molecule has 0 unspecified atom stereocenters. The molecule has 142 valence electrons. The van der Waals surface area contributed by atoms with Crippen LogP contribution in [0.4, 0.5) is 5.69 Å². The Morgan fingerprint density at radius 2 is 1.96 bits per heavy atom. The van der Waals surface area contributed by atoms with E-state index in [0.717, 1.165) is 38.6 Å². The third-order valence-corrected chi connectivity index (χ3v) is 5.48. The molecule has 0 bridgehead atoms. The second kappa shape index (κ2) is 7.90. The van der Waals surface area contributed by atoms with Gasteiger partial charge in [0.05, 0.1) is 27.5 Å². The number of thiazole rings is 1. The number of nitrogens with one attached hydrogen (secondary N) is 1. The van der Waals surface area contributed by atoms with E-state index in [0.29, 0.717) is 6.54 Å². The summed E-state index contributed by atoms with van der Waals surface area (Å²) in [6.45, 7) is 2.52. The number of carbonyl (C=O) groups excluding carboxylic acids is 2. The van der Waals surface area contributed by atoms with Crippen molar-refractivity contribution in [3.05, 3.63) is 59.1 Å². The Bertz CT molecular complexity index is 1060. The molecule has 0 saturated carbocycles. The molecular weight excluding hydrogens is 372 g/mol. The molecular formula is C21H20N4O2S.